The molecule has 0 aliphatic rings. The number of hydrogen-bond acceptors (Lipinski definition) is 3. The Morgan fingerprint density at radius 2 is 1.77 bits per heavy atom. The molecule has 0 saturated carbocycles. The number of carbonyl (C=O) groups is 1. The summed E-state index contributed by atoms with van der Waals surface area (Å²) >= 11 is 0. The molecular weight excluding hydrogens is 443 g/mol. The standard InChI is InChI=1S/C19H32N4O2.HI/c1-5-6-13-25-14-7-12-21-19(20-2)22-15-16-8-10-17(11-9-16)18(24)23(3)4;/h8-11H,5-7,12-15H2,1-4H3,(H2,20,21,22);1H. The average molecular weight is 476 g/mol. The zero-order valence-electron chi connectivity index (χ0n) is 16.4. The molecule has 0 atom stereocenters. The van der Waals surface area contributed by atoms with Gasteiger partial charge in [-0.3, -0.25) is 9.79 Å². The van der Waals surface area contributed by atoms with Gasteiger partial charge in [-0.25, -0.2) is 0 Å². The van der Waals surface area contributed by atoms with Crippen molar-refractivity contribution in [2.24, 2.45) is 4.99 Å². The molecule has 0 aromatic heterocycles. The van der Waals surface area contributed by atoms with Crippen LogP contribution in [0, 0.1) is 0 Å². The zero-order chi connectivity index (χ0) is 18.5. The first-order valence-corrected chi connectivity index (χ1v) is 8.91. The molecule has 0 heterocycles. The number of nitrogens with one attached hydrogen (secondary N) is 2. The van der Waals surface area contributed by atoms with Crippen LogP contribution in [0.15, 0.2) is 29.3 Å². The van der Waals surface area contributed by atoms with Gasteiger partial charge in [0.15, 0.2) is 5.96 Å². The van der Waals surface area contributed by atoms with Crippen LogP contribution >= 0.6 is 24.0 Å². The van der Waals surface area contributed by atoms with E-state index in [1.54, 1.807) is 26.0 Å². The van der Waals surface area contributed by atoms with Crippen LogP contribution < -0.4 is 10.6 Å². The molecule has 1 rings (SSSR count). The fourth-order valence-electron chi connectivity index (χ4n) is 2.16. The quantitative estimate of drug-likeness (QED) is 0.236. The van der Waals surface area contributed by atoms with Gasteiger partial charge in [-0.2, -0.15) is 0 Å². The van der Waals surface area contributed by atoms with Gasteiger partial charge in [0, 0.05) is 53.0 Å². The first-order valence-electron chi connectivity index (χ1n) is 8.91. The van der Waals surface area contributed by atoms with E-state index in [0.717, 1.165) is 44.1 Å². The van der Waals surface area contributed by atoms with E-state index in [2.05, 4.69) is 22.5 Å². The summed E-state index contributed by atoms with van der Waals surface area (Å²) in [4.78, 5) is 17.7. The van der Waals surface area contributed by atoms with Crippen LogP contribution in [0.3, 0.4) is 0 Å². The van der Waals surface area contributed by atoms with Crippen molar-refractivity contribution in [3.05, 3.63) is 35.4 Å². The highest BCUT2D eigenvalue weighted by Gasteiger charge is 2.07. The number of nitrogens with zero attached hydrogens (tertiary/aromatic N) is 2. The third-order valence-electron chi connectivity index (χ3n) is 3.69. The summed E-state index contributed by atoms with van der Waals surface area (Å²) in [6, 6.07) is 7.61. The molecule has 1 aromatic carbocycles. The number of benzene rings is 1. The van der Waals surface area contributed by atoms with Crippen molar-refractivity contribution in [2.45, 2.75) is 32.7 Å². The summed E-state index contributed by atoms with van der Waals surface area (Å²) in [7, 11) is 5.26. The van der Waals surface area contributed by atoms with Crippen LogP contribution in [0.2, 0.25) is 0 Å². The van der Waals surface area contributed by atoms with E-state index in [1.165, 1.54) is 6.42 Å². The minimum absolute atomic E-state index is 0. The number of guanidine groups is 1. The molecule has 0 unspecified atom stereocenters. The number of aliphatic imine (C=N–C) groups is 1. The molecule has 0 spiro atoms. The van der Waals surface area contributed by atoms with Crippen molar-refractivity contribution in [2.75, 3.05) is 40.9 Å². The largest absolute Gasteiger partial charge is 0.381 e. The lowest BCUT2D eigenvalue weighted by Crippen LogP contribution is -2.37. The highest BCUT2D eigenvalue weighted by Crippen LogP contribution is 2.06. The minimum atomic E-state index is 0. The van der Waals surface area contributed by atoms with E-state index in [1.807, 2.05) is 24.3 Å². The first-order chi connectivity index (χ1) is 12.1. The lowest BCUT2D eigenvalue weighted by atomic mass is 10.1. The lowest BCUT2D eigenvalue weighted by molar-refractivity contribution is 0.0827. The molecule has 2 N–H and O–H groups in total. The third kappa shape index (κ3) is 9.96. The number of hydrogen-bond donors (Lipinski definition) is 2. The van der Waals surface area contributed by atoms with E-state index in [9.17, 15) is 4.79 Å². The fraction of sp³-hybridized carbons (Fsp3) is 0.579. The predicted molar refractivity (Wildman–Crippen MR) is 118 cm³/mol. The Morgan fingerprint density at radius 3 is 2.35 bits per heavy atom. The van der Waals surface area contributed by atoms with Crippen LogP contribution in [0.5, 0.6) is 0 Å². The van der Waals surface area contributed by atoms with Gasteiger partial charge >= 0.3 is 0 Å². The van der Waals surface area contributed by atoms with Gasteiger partial charge in [-0.1, -0.05) is 25.5 Å². The van der Waals surface area contributed by atoms with E-state index in [-0.39, 0.29) is 29.9 Å². The normalized spacial score (nSPS) is 10.8. The predicted octanol–water partition coefficient (Wildman–Crippen LogP) is 2.88. The van der Waals surface area contributed by atoms with Crippen molar-refractivity contribution < 1.29 is 9.53 Å². The van der Waals surface area contributed by atoms with E-state index >= 15 is 0 Å². The van der Waals surface area contributed by atoms with Crippen molar-refractivity contribution >= 4 is 35.8 Å². The summed E-state index contributed by atoms with van der Waals surface area (Å²) in [5, 5.41) is 6.54. The van der Waals surface area contributed by atoms with Gasteiger partial charge in [-0.15, -0.1) is 24.0 Å². The van der Waals surface area contributed by atoms with Crippen LogP contribution in [-0.4, -0.2) is 57.7 Å². The summed E-state index contributed by atoms with van der Waals surface area (Å²) in [6.45, 7) is 5.25. The number of rotatable bonds is 10. The van der Waals surface area contributed by atoms with Crippen LogP contribution in [0.4, 0.5) is 0 Å². The monoisotopic (exact) mass is 476 g/mol. The second-order valence-corrected chi connectivity index (χ2v) is 6.07. The zero-order valence-corrected chi connectivity index (χ0v) is 18.7. The van der Waals surface area contributed by atoms with Crippen molar-refractivity contribution in [3.8, 4) is 0 Å². The molecule has 0 saturated heterocycles. The maximum absolute atomic E-state index is 11.9. The molecule has 0 fully saturated rings. The van der Waals surface area contributed by atoms with Crippen LogP contribution in [0.25, 0.3) is 0 Å². The van der Waals surface area contributed by atoms with Gasteiger partial charge in [-0.05, 0) is 30.5 Å². The molecule has 1 aromatic rings. The fourth-order valence-corrected chi connectivity index (χ4v) is 2.16. The van der Waals surface area contributed by atoms with Gasteiger partial charge in [0.25, 0.3) is 5.91 Å². The summed E-state index contributed by atoms with van der Waals surface area (Å²) in [5.41, 5.74) is 1.79. The number of unbranched alkanes of at least 4 members (excludes halogenated alkanes) is 1. The van der Waals surface area contributed by atoms with Crippen molar-refractivity contribution in [3.63, 3.8) is 0 Å². The van der Waals surface area contributed by atoms with Crippen molar-refractivity contribution in [1.82, 2.24) is 15.5 Å². The van der Waals surface area contributed by atoms with Gasteiger partial charge in [0.1, 0.15) is 0 Å². The second kappa shape index (κ2) is 14.8. The number of carbonyl (C=O) groups excluding carboxylic acids is 1. The molecule has 0 aliphatic carbocycles. The molecular formula is C19H33IN4O2. The molecule has 0 aliphatic heterocycles. The highest BCUT2D eigenvalue weighted by atomic mass is 127. The Kier molecular flexibility index (Phi) is 14.0. The Labute approximate surface area is 174 Å². The lowest BCUT2D eigenvalue weighted by Gasteiger charge is -2.13. The first kappa shape index (κ1) is 24.7. The Bertz CT molecular complexity index is 533. The maximum atomic E-state index is 11.9. The van der Waals surface area contributed by atoms with Gasteiger partial charge < -0.3 is 20.3 Å². The summed E-state index contributed by atoms with van der Waals surface area (Å²) < 4.78 is 5.53. The number of amides is 1. The van der Waals surface area contributed by atoms with E-state index < -0.39 is 0 Å². The average Bonchev–Trinajstić information content (AvgIpc) is 2.63. The van der Waals surface area contributed by atoms with Crippen LogP contribution in [0.1, 0.15) is 42.1 Å². The number of ether oxygens (including phenoxy) is 1. The Balaban J connectivity index is 0.00000625. The molecule has 26 heavy (non-hydrogen) atoms. The molecule has 148 valence electrons. The molecule has 0 radical (unpaired) electrons. The molecule has 7 heteroatoms. The SMILES string of the molecule is CCCCOCCCNC(=NC)NCc1ccc(C(=O)N(C)C)cc1.I. The summed E-state index contributed by atoms with van der Waals surface area (Å²) in [5.74, 6) is 0.778. The minimum Gasteiger partial charge on any atom is -0.381 e. The molecule has 0 bridgehead atoms. The Hall–Kier alpha value is -1.35. The maximum Gasteiger partial charge on any atom is 0.253 e. The van der Waals surface area contributed by atoms with Gasteiger partial charge in [0.05, 0.1) is 0 Å². The smallest absolute Gasteiger partial charge is 0.253 e. The summed E-state index contributed by atoms with van der Waals surface area (Å²) in [6.07, 6.45) is 3.24. The second-order valence-electron chi connectivity index (χ2n) is 6.07. The molecule has 6 nitrogen and oxygen atoms in total. The van der Waals surface area contributed by atoms with Crippen LogP contribution in [-0.2, 0) is 11.3 Å². The number of halogens is 1. The van der Waals surface area contributed by atoms with Crippen molar-refractivity contribution in [1.29, 1.82) is 0 Å². The Morgan fingerprint density at radius 1 is 1.12 bits per heavy atom. The van der Waals surface area contributed by atoms with E-state index in [4.69, 9.17) is 4.74 Å². The highest BCUT2D eigenvalue weighted by molar-refractivity contribution is 14.0. The topological polar surface area (TPSA) is 66.0 Å². The third-order valence-corrected chi connectivity index (χ3v) is 3.69. The van der Waals surface area contributed by atoms with Gasteiger partial charge in [0.2, 0.25) is 0 Å². The molecule has 1 amide bonds. The van der Waals surface area contributed by atoms with E-state index in [0.29, 0.717) is 12.1 Å².